The number of methoxy groups -OCH3 is 1. The first-order chi connectivity index (χ1) is 7.95. The van der Waals surface area contributed by atoms with Crippen molar-refractivity contribution in [2.24, 2.45) is 5.73 Å². The van der Waals surface area contributed by atoms with Gasteiger partial charge < -0.3 is 15.2 Å². The SMILES string of the molecule is COc1ccc([N+](=O)[O-])cc1OC(C)C(=N)N. The van der Waals surface area contributed by atoms with E-state index >= 15 is 0 Å². The highest BCUT2D eigenvalue weighted by Crippen LogP contribution is 2.31. The van der Waals surface area contributed by atoms with E-state index in [0.717, 1.165) is 0 Å². The summed E-state index contributed by atoms with van der Waals surface area (Å²) in [5.74, 6) is 0.367. The zero-order valence-electron chi connectivity index (χ0n) is 9.47. The fourth-order valence-corrected chi connectivity index (χ4v) is 1.12. The van der Waals surface area contributed by atoms with Gasteiger partial charge in [0.05, 0.1) is 18.1 Å². The number of hydrogen-bond acceptors (Lipinski definition) is 5. The van der Waals surface area contributed by atoms with Crippen LogP contribution >= 0.6 is 0 Å². The number of nitrogens with one attached hydrogen (secondary N) is 1. The van der Waals surface area contributed by atoms with Crippen LogP contribution in [0.3, 0.4) is 0 Å². The second kappa shape index (κ2) is 5.15. The van der Waals surface area contributed by atoms with Crippen molar-refractivity contribution in [3.8, 4) is 11.5 Å². The van der Waals surface area contributed by atoms with Gasteiger partial charge in [0.15, 0.2) is 17.6 Å². The fourth-order valence-electron chi connectivity index (χ4n) is 1.12. The van der Waals surface area contributed by atoms with E-state index in [0.29, 0.717) is 5.75 Å². The van der Waals surface area contributed by atoms with Crippen LogP contribution in [0, 0.1) is 15.5 Å². The molecular formula is C10H13N3O4. The molecule has 3 N–H and O–H groups in total. The molecule has 92 valence electrons. The summed E-state index contributed by atoms with van der Waals surface area (Å²) in [6.45, 7) is 1.57. The van der Waals surface area contributed by atoms with Crippen LogP contribution in [0.4, 0.5) is 5.69 Å². The van der Waals surface area contributed by atoms with E-state index in [1.54, 1.807) is 6.92 Å². The summed E-state index contributed by atoms with van der Waals surface area (Å²) in [6, 6.07) is 3.97. The zero-order valence-corrected chi connectivity index (χ0v) is 9.47. The standard InChI is InChI=1S/C10H13N3O4/c1-6(10(11)12)17-9-5-7(13(14)15)3-4-8(9)16-2/h3-6H,1-2H3,(H3,11,12). The lowest BCUT2D eigenvalue weighted by molar-refractivity contribution is -0.385. The number of nitro groups is 1. The van der Waals surface area contributed by atoms with Crippen LogP contribution in [-0.2, 0) is 0 Å². The van der Waals surface area contributed by atoms with Crippen LogP contribution in [-0.4, -0.2) is 24.0 Å². The first-order valence-corrected chi connectivity index (χ1v) is 4.78. The normalized spacial score (nSPS) is 11.6. The van der Waals surface area contributed by atoms with Crippen molar-refractivity contribution in [3.05, 3.63) is 28.3 Å². The second-order valence-corrected chi connectivity index (χ2v) is 3.31. The van der Waals surface area contributed by atoms with Gasteiger partial charge in [-0.2, -0.15) is 0 Å². The highest BCUT2D eigenvalue weighted by molar-refractivity contribution is 5.81. The summed E-state index contributed by atoms with van der Waals surface area (Å²) in [7, 11) is 1.42. The maximum atomic E-state index is 10.6. The van der Waals surface area contributed by atoms with Crippen molar-refractivity contribution in [3.63, 3.8) is 0 Å². The molecule has 0 saturated carbocycles. The van der Waals surface area contributed by atoms with Crippen LogP contribution in [0.5, 0.6) is 11.5 Å². The van der Waals surface area contributed by atoms with Gasteiger partial charge in [-0.1, -0.05) is 0 Å². The Morgan fingerprint density at radius 3 is 2.65 bits per heavy atom. The quantitative estimate of drug-likeness (QED) is 0.348. The first-order valence-electron chi connectivity index (χ1n) is 4.78. The molecule has 0 saturated heterocycles. The number of nitro benzene ring substituents is 1. The molecule has 0 heterocycles. The average Bonchev–Trinajstić information content (AvgIpc) is 2.28. The van der Waals surface area contributed by atoms with Gasteiger partial charge in [0.25, 0.3) is 5.69 Å². The number of ether oxygens (including phenoxy) is 2. The molecule has 0 fully saturated rings. The lowest BCUT2D eigenvalue weighted by Gasteiger charge is -2.15. The third kappa shape index (κ3) is 3.07. The van der Waals surface area contributed by atoms with E-state index in [9.17, 15) is 10.1 Å². The van der Waals surface area contributed by atoms with Gasteiger partial charge in [-0.05, 0) is 13.0 Å². The van der Waals surface area contributed by atoms with Gasteiger partial charge in [-0.25, -0.2) is 0 Å². The van der Waals surface area contributed by atoms with Gasteiger partial charge in [0, 0.05) is 6.07 Å². The molecule has 0 spiro atoms. The van der Waals surface area contributed by atoms with Crippen LogP contribution < -0.4 is 15.2 Å². The predicted octanol–water partition coefficient (Wildman–Crippen LogP) is 1.31. The van der Waals surface area contributed by atoms with Crippen LogP contribution in [0.1, 0.15) is 6.92 Å². The van der Waals surface area contributed by atoms with Gasteiger partial charge in [-0.3, -0.25) is 15.5 Å². The number of rotatable bonds is 5. The molecule has 1 atom stereocenters. The minimum atomic E-state index is -0.675. The largest absolute Gasteiger partial charge is 0.493 e. The van der Waals surface area contributed by atoms with E-state index < -0.39 is 11.0 Å². The highest BCUT2D eigenvalue weighted by Gasteiger charge is 2.15. The Bertz CT molecular complexity index is 447. The molecule has 0 aliphatic rings. The highest BCUT2D eigenvalue weighted by atomic mass is 16.6. The molecule has 0 aliphatic heterocycles. The number of nitrogens with two attached hydrogens (primary N) is 1. The van der Waals surface area contributed by atoms with E-state index in [1.165, 1.54) is 25.3 Å². The molecule has 7 heteroatoms. The Balaban J connectivity index is 3.06. The minimum absolute atomic E-state index is 0.114. The number of nitrogens with zero attached hydrogens (tertiary/aromatic N) is 1. The number of benzene rings is 1. The summed E-state index contributed by atoms with van der Waals surface area (Å²) >= 11 is 0. The topological polar surface area (TPSA) is 111 Å². The molecule has 7 nitrogen and oxygen atoms in total. The monoisotopic (exact) mass is 239 g/mol. The van der Waals surface area contributed by atoms with Crippen LogP contribution in [0.2, 0.25) is 0 Å². The number of hydrogen-bond donors (Lipinski definition) is 2. The summed E-state index contributed by atoms with van der Waals surface area (Å²) in [4.78, 5) is 10.1. The molecular weight excluding hydrogens is 226 g/mol. The summed E-state index contributed by atoms with van der Waals surface area (Å²) < 4.78 is 10.3. The first kappa shape index (κ1) is 12.8. The molecule has 0 amide bonds. The molecule has 0 radical (unpaired) electrons. The second-order valence-electron chi connectivity index (χ2n) is 3.31. The predicted molar refractivity (Wildman–Crippen MR) is 61.7 cm³/mol. The Hall–Kier alpha value is -2.31. The molecule has 1 rings (SSSR count). The fraction of sp³-hybridized carbons (Fsp3) is 0.300. The van der Waals surface area contributed by atoms with E-state index in [1.807, 2.05) is 0 Å². The molecule has 1 unspecified atom stereocenters. The van der Waals surface area contributed by atoms with Crippen molar-refractivity contribution in [2.75, 3.05) is 7.11 Å². The third-order valence-corrected chi connectivity index (χ3v) is 2.10. The van der Waals surface area contributed by atoms with Crippen molar-refractivity contribution >= 4 is 11.5 Å². The molecule has 17 heavy (non-hydrogen) atoms. The average molecular weight is 239 g/mol. The van der Waals surface area contributed by atoms with E-state index in [2.05, 4.69) is 0 Å². The van der Waals surface area contributed by atoms with Crippen molar-refractivity contribution in [1.82, 2.24) is 0 Å². The summed E-state index contributed by atoms with van der Waals surface area (Å²) in [5, 5.41) is 17.8. The Kier molecular flexibility index (Phi) is 3.86. The lowest BCUT2D eigenvalue weighted by atomic mass is 10.2. The Labute approximate surface area is 97.8 Å². The molecule has 1 aromatic rings. The third-order valence-electron chi connectivity index (χ3n) is 2.10. The van der Waals surface area contributed by atoms with Gasteiger partial charge in [0.1, 0.15) is 5.84 Å². The molecule has 0 aromatic heterocycles. The molecule has 0 aliphatic carbocycles. The van der Waals surface area contributed by atoms with Crippen molar-refractivity contribution in [2.45, 2.75) is 13.0 Å². The zero-order chi connectivity index (χ0) is 13.0. The van der Waals surface area contributed by atoms with Gasteiger partial charge in [0.2, 0.25) is 0 Å². The summed E-state index contributed by atoms with van der Waals surface area (Å²) in [5.41, 5.74) is 5.14. The van der Waals surface area contributed by atoms with Gasteiger partial charge in [-0.15, -0.1) is 0 Å². The number of non-ortho nitro benzene ring substituents is 1. The minimum Gasteiger partial charge on any atom is -0.493 e. The summed E-state index contributed by atoms with van der Waals surface area (Å²) in [6.07, 6.45) is -0.675. The smallest absolute Gasteiger partial charge is 0.273 e. The maximum Gasteiger partial charge on any atom is 0.273 e. The van der Waals surface area contributed by atoms with Crippen LogP contribution in [0.25, 0.3) is 0 Å². The van der Waals surface area contributed by atoms with Crippen LogP contribution in [0.15, 0.2) is 18.2 Å². The van der Waals surface area contributed by atoms with E-state index in [4.69, 9.17) is 20.6 Å². The van der Waals surface area contributed by atoms with E-state index in [-0.39, 0.29) is 17.3 Å². The molecule has 0 bridgehead atoms. The van der Waals surface area contributed by atoms with Crippen molar-refractivity contribution < 1.29 is 14.4 Å². The Morgan fingerprint density at radius 2 is 2.18 bits per heavy atom. The maximum absolute atomic E-state index is 10.6. The molecule has 1 aromatic carbocycles. The number of amidine groups is 1. The Morgan fingerprint density at radius 1 is 1.53 bits per heavy atom. The van der Waals surface area contributed by atoms with Gasteiger partial charge >= 0.3 is 0 Å². The lowest BCUT2D eigenvalue weighted by Crippen LogP contribution is -2.30. The van der Waals surface area contributed by atoms with Crippen molar-refractivity contribution in [1.29, 1.82) is 5.41 Å².